The number of nitrogens with one attached hydrogen (secondary N) is 1. The molecule has 0 aliphatic heterocycles. The Bertz CT molecular complexity index is 794. The zero-order chi connectivity index (χ0) is 14.8. The quantitative estimate of drug-likeness (QED) is 0.726. The summed E-state index contributed by atoms with van der Waals surface area (Å²) in [6, 6.07) is 7.49. The van der Waals surface area contributed by atoms with E-state index in [0.29, 0.717) is 15.7 Å². The summed E-state index contributed by atoms with van der Waals surface area (Å²) < 4.78 is 0. The first-order chi connectivity index (χ1) is 10.1. The molecule has 1 amide bonds. The van der Waals surface area contributed by atoms with Crippen LogP contribution in [0.15, 0.2) is 35.8 Å². The van der Waals surface area contributed by atoms with Crippen LogP contribution in [0.3, 0.4) is 0 Å². The van der Waals surface area contributed by atoms with Gasteiger partial charge >= 0.3 is 0 Å². The topological polar surface area (TPSA) is 80.9 Å². The number of aryl methyl sites for hydroxylation is 1. The molecule has 0 fully saturated rings. The van der Waals surface area contributed by atoms with Gasteiger partial charge in [0.05, 0.1) is 16.9 Å². The van der Waals surface area contributed by atoms with Crippen molar-refractivity contribution >= 4 is 39.4 Å². The van der Waals surface area contributed by atoms with E-state index in [2.05, 4.69) is 15.3 Å². The summed E-state index contributed by atoms with van der Waals surface area (Å²) in [6.07, 6.45) is 1.57. The molecular formula is C14H12N4OS2. The van der Waals surface area contributed by atoms with Gasteiger partial charge in [0, 0.05) is 16.6 Å². The Balaban J connectivity index is 1.78. The van der Waals surface area contributed by atoms with Gasteiger partial charge in [-0.1, -0.05) is 12.1 Å². The van der Waals surface area contributed by atoms with E-state index in [1.54, 1.807) is 6.20 Å². The van der Waals surface area contributed by atoms with Crippen LogP contribution in [0.25, 0.3) is 11.3 Å². The lowest BCUT2D eigenvalue weighted by molar-refractivity contribution is 0.103. The molecule has 2 aromatic heterocycles. The molecule has 0 unspecified atom stereocenters. The van der Waals surface area contributed by atoms with Crippen LogP contribution in [0.1, 0.15) is 14.7 Å². The molecule has 0 aliphatic rings. The van der Waals surface area contributed by atoms with Gasteiger partial charge in [0.15, 0.2) is 5.13 Å². The first-order valence-electron chi connectivity index (χ1n) is 6.17. The average Bonchev–Trinajstić information content (AvgIpc) is 3.08. The molecule has 0 saturated carbocycles. The first-order valence-corrected chi connectivity index (χ1v) is 7.86. The summed E-state index contributed by atoms with van der Waals surface area (Å²) in [6.45, 7) is 1.86. The molecule has 3 aromatic rings. The molecular weight excluding hydrogens is 304 g/mol. The highest BCUT2D eigenvalue weighted by Gasteiger charge is 2.12. The van der Waals surface area contributed by atoms with Crippen LogP contribution in [-0.2, 0) is 0 Å². The minimum atomic E-state index is -0.186. The number of nitrogen functional groups attached to an aromatic ring is 1. The molecule has 3 rings (SSSR count). The Morgan fingerprint density at radius 1 is 1.38 bits per heavy atom. The fourth-order valence-electron chi connectivity index (χ4n) is 1.79. The number of rotatable bonds is 3. The second-order valence-electron chi connectivity index (χ2n) is 4.36. The van der Waals surface area contributed by atoms with Crippen LogP contribution in [0, 0.1) is 6.92 Å². The number of carbonyl (C=O) groups excluding carboxylic acids is 1. The lowest BCUT2D eigenvalue weighted by Crippen LogP contribution is -2.09. The molecule has 0 aliphatic carbocycles. The van der Waals surface area contributed by atoms with Crippen molar-refractivity contribution < 1.29 is 4.79 Å². The highest BCUT2D eigenvalue weighted by molar-refractivity contribution is 7.15. The van der Waals surface area contributed by atoms with Gasteiger partial charge in [-0.3, -0.25) is 10.1 Å². The summed E-state index contributed by atoms with van der Waals surface area (Å²) in [5.74, 6) is -0.186. The van der Waals surface area contributed by atoms with Crippen molar-refractivity contribution in [2.24, 2.45) is 0 Å². The van der Waals surface area contributed by atoms with Gasteiger partial charge in [-0.2, -0.15) is 0 Å². The van der Waals surface area contributed by atoms with Gasteiger partial charge in [0.2, 0.25) is 0 Å². The van der Waals surface area contributed by atoms with Crippen molar-refractivity contribution in [3.63, 3.8) is 0 Å². The van der Waals surface area contributed by atoms with Crippen molar-refractivity contribution in [1.82, 2.24) is 9.97 Å². The molecule has 5 nitrogen and oxygen atoms in total. The second-order valence-corrected chi connectivity index (χ2v) is 6.45. The highest BCUT2D eigenvalue weighted by atomic mass is 32.1. The van der Waals surface area contributed by atoms with Crippen LogP contribution in [0.2, 0.25) is 0 Å². The minimum absolute atomic E-state index is 0.186. The number of thiazole rings is 2. The van der Waals surface area contributed by atoms with E-state index < -0.39 is 0 Å². The van der Waals surface area contributed by atoms with Crippen molar-refractivity contribution in [3.8, 4) is 11.3 Å². The molecule has 106 valence electrons. The van der Waals surface area contributed by atoms with Crippen LogP contribution < -0.4 is 11.1 Å². The Hall–Kier alpha value is -2.25. The molecule has 7 heteroatoms. The third-order valence-corrected chi connectivity index (χ3v) is 4.42. The van der Waals surface area contributed by atoms with Crippen LogP contribution in [0.4, 0.5) is 10.8 Å². The molecule has 0 radical (unpaired) electrons. The largest absolute Gasteiger partial charge is 0.399 e. The number of benzene rings is 1. The normalized spacial score (nSPS) is 10.5. The van der Waals surface area contributed by atoms with Crippen LogP contribution in [-0.4, -0.2) is 15.9 Å². The van der Waals surface area contributed by atoms with E-state index in [1.807, 2.05) is 36.6 Å². The monoisotopic (exact) mass is 316 g/mol. The lowest BCUT2D eigenvalue weighted by atomic mass is 10.1. The Kier molecular flexibility index (Phi) is 3.68. The average molecular weight is 316 g/mol. The molecule has 0 saturated heterocycles. The predicted molar refractivity (Wildman–Crippen MR) is 86.8 cm³/mol. The molecule has 0 atom stereocenters. The van der Waals surface area contributed by atoms with Gasteiger partial charge in [-0.05, 0) is 19.1 Å². The minimum Gasteiger partial charge on any atom is -0.399 e. The number of carbonyl (C=O) groups is 1. The zero-order valence-electron chi connectivity index (χ0n) is 11.2. The number of anilines is 2. The Labute approximate surface area is 129 Å². The summed E-state index contributed by atoms with van der Waals surface area (Å²) in [5.41, 5.74) is 8.17. The number of nitrogens with two attached hydrogens (primary N) is 1. The summed E-state index contributed by atoms with van der Waals surface area (Å²) in [5, 5.41) is 6.09. The van der Waals surface area contributed by atoms with E-state index in [0.717, 1.165) is 16.3 Å². The number of hydrogen-bond acceptors (Lipinski definition) is 6. The van der Waals surface area contributed by atoms with Gasteiger partial charge in [0.25, 0.3) is 5.91 Å². The Morgan fingerprint density at radius 3 is 2.95 bits per heavy atom. The number of nitrogens with zero attached hydrogens (tertiary/aromatic N) is 2. The lowest BCUT2D eigenvalue weighted by Gasteiger charge is -1.99. The second kappa shape index (κ2) is 5.63. The van der Waals surface area contributed by atoms with E-state index in [9.17, 15) is 4.79 Å². The van der Waals surface area contributed by atoms with Crippen molar-refractivity contribution in [2.45, 2.75) is 6.92 Å². The fourth-order valence-corrected chi connectivity index (χ4v) is 3.17. The Morgan fingerprint density at radius 2 is 2.24 bits per heavy atom. The number of amides is 1. The van der Waals surface area contributed by atoms with Gasteiger partial charge in [-0.25, -0.2) is 9.97 Å². The maximum atomic E-state index is 12.0. The van der Waals surface area contributed by atoms with Crippen molar-refractivity contribution in [3.05, 3.63) is 45.7 Å². The molecule has 21 heavy (non-hydrogen) atoms. The van der Waals surface area contributed by atoms with Gasteiger partial charge in [0.1, 0.15) is 4.88 Å². The zero-order valence-corrected chi connectivity index (χ0v) is 12.8. The molecule has 0 bridgehead atoms. The molecule has 1 aromatic carbocycles. The van der Waals surface area contributed by atoms with Gasteiger partial charge < -0.3 is 5.73 Å². The van der Waals surface area contributed by atoms with Crippen LogP contribution in [0.5, 0.6) is 0 Å². The van der Waals surface area contributed by atoms with E-state index in [1.165, 1.54) is 22.7 Å². The van der Waals surface area contributed by atoms with Crippen LogP contribution >= 0.6 is 22.7 Å². The standard InChI is InChI=1S/C14H12N4OS2/c1-8-16-6-12(21-8)13(19)18-14-17-11(7-20-14)9-3-2-4-10(15)5-9/h2-7H,15H2,1H3,(H,17,18,19). The summed E-state index contributed by atoms with van der Waals surface area (Å²) >= 11 is 2.74. The SMILES string of the molecule is Cc1ncc(C(=O)Nc2nc(-c3cccc(N)c3)cs2)s1. The maximum Gasteiger partial charge on any atom is 0.269 e. The van der Waals surface area contributed by atoms with E-state index in [-0.39, 0.29) is 5.91 Å². The molecule has 0 spiro atoms. The van der Waals surface area contributed by atoms with E-state index in [4.69, 9.17) is 5.73 Å². The van der Waals surface area contributed by atoms with Gasteiger partial charge in [-0.15, -0.1) is 22.7 Å². The molecule has 3 N–H and O–H groups in total. The van der Waals surface area contributed by atoms with E-state index >= 15 is 0 Å². The summed E-state index contributed by atoms with van der Waals surface area (Å²) in [4.78, 5) is 21.1. The summed E-state index contributed by atoms with van der Waals surface area (Å²) in [7, 11) is 0. The third kappa shape index (κ3) is 3.09. The predicted octanol–water partition coefficient (Wildman–Crippen LogP) is 3.41. The molecule has 2 heterocycles. The number of hydrogen-bond donors (Lipinski definition) is 2. The third-order valence-electron chi connectivity index (χ3n) is 2.75. The van der Waals surface area contributed by atoms with Crippen molar-refractivity contribution in [2.75, 3.05) is 11.1 Å². The smallest absolute Gasteiger partial charge is 0.269 e. The first kappa shape index (κ1) is 13.7. The fraction of sp³-hybridized carbons (Fsp3) is 0.0714. The number of aromatic nitrogens is 2. The van der Waals surface area contributed by atoms with Crippen molar-refractivity contribution in [1.29, 1.82) is 0 Å². The maximum absolute atomic E-state index is 12.0. The highest BCUT2D eigenvalue weighted by Crippen LogP contribution is 2.26.